The Morgan fingerprint density at radius 3 is 2.81 bits per heavy atom. The molecule has 1 aliphatic rings. The van der Waals surface area contributed by atoms with Crippen LogP contribution in [-0.2, 0) is 14.8 Å². The number of carbonyl (C=O) groups is 1. The summed E-state index contributed by atoms with van der Waals surface area (Å²) in [5.41, 5.74) is 4.12. The Labute approximate surface area is 158 Å². The highest BCUT2D eigenvalue weighted by Gasteiger charge is 2.34. The van der Waals surface area contributed by atoms with Crippen LogP contribution in [0.25, 0.3) is 11.3 Å². The number of hydrogen-bond donors (Lipinski definition) is 1. The van der Waals surface area contributed by atoms with E-state index in [0.29, 0.717) is 18.1 Å². The van der Waals surface area contributed by atoms with Gasteiger partial charge >= 0.3 is 0 Å². The Kier molecular flexibility index (Phi) is 5.45. The van der Waals surface area contributed by atoms with Gasteiger partial charge in [-0.2, -0.15) is 4.31 Å². The molecule has 1 aliphatic heterocycles. The van der Waals surface area contributed by atoms with Crippen LogP contribution in [0.1, 0.15) is 30.4 Å². The third kappa shape index (κ3) is 4.13. The van der Waals surface area contributed by atoms with E-state index in [9.17, 15) is 13.2 Å². The first-order chi connectivity index (χ1) is 12.3. The standard InChI is InChI=1S/C18H23N3O3S2/c1-12-7-8-13(2)14(10-12)15-11-25-18(19-15)20-17(22)16-6-4-5-9-21(16)26(3,23)24/h7-8,10-11,16H,4-6,9H2,1-3H3,(H,19,20,22). The summed E-state index contributed by atoms with van der Waals surface area (Å²) < 4.78 is 25.2. The van der Waals surface area contributed by atoms with Gasteiger partial charge in [0, 0.05) is 17.5 Å². The molecule has 6 nitrogen and oxygen atoms in total. The number of thiazole rings is 1. The smallest absolute Gasteiger partial charge is 0.244 e. The van der Waals surface area contributed by atoms with Crippen molar-refractivity contribution in [1.29, 1.82) is 0 Å². The molecule has 1 unspecified atom stereocenters. The zero-order valence-electron chi connectivity index (χ0n) is 15.2. The van der Waals surface area contributed by atoms with E-state index in [1.165, 1.54) is 15.6 Å². The number of aryl methyl sites for hydroxylation is 2. The molecule has 1 saturated heterocycles. The van der Waals surface area contributed by atoms with Crippen LogP contribution in [-0.4, -0.2) is 42.5 Å². The maximum atomic E-state index is 12.6. The Morgan fingerprint density at radius 2 is 2.08 bits per heavy atom. The lowest BCUT2D eigenvalue weighted by molar-refractivity contribution is -0.120. The van der Waals surface area contributed by atoms with Crippen LogP contribution in [0.3, 0.4) is 0 Å². The van der Waals surface area contributed by atoms with E-state index in [0.717, 1.165) is 41.5 Å². The van der Waals surface area contributed by atoms with Crippen molar-refractivity contribution in [3.05, 3.63) is 34.7 Å². The van der Waals surface area contributed by atoms with Crippen LogP contribution in [0.4, 0.5) is 5.13 Å². The van der Waals surface area contributed by atoms with Crippen molar-refractivity contribution in [3.8, 4) is 11.3 Å². The first-order valence-electron chi connectivity index (χ1n) is 8.56. The van der Waals surface area contributed by atoms with Crippen molar-refractivity contribution < 1.29 is 13.2 Å². The van der Waals surface area contributed by atoms with Gasteiger partial charge in [0.15, 0.2) is 5.13 Å². The minimum absolute atomic E-state index is 0.308. The lowest BCUT2D eigenvalue weighted by Crippen LogP contribution is -2.49. The van der Waals surface area contributed by atoms with Crippen molar-refractivity contribution >= 4 is 32.4 Å². The minimum Gasteiger partial charge on any atom is -0.301 e. The van der Waals surface area contributed by atoms with E-state index in [2.05, 4.69) is 22.4 Å². The second kappa shape index (κ2) is 7.46. The Morgan fingerprint density at radius 1 is 1.31 bits per heavy atom. The predicted octanol–water partition coefficient (Wildman–Crippen LogP) is 3.18. The SMILES string of the molecule is Cc1ccc(C)c(-c2csc(NC(=O)C3CCCCN3S(C)(=O)=O)n2)c1. The number of rotatable bonds is 4. The van der Waals surface area contributed by atoms with E-state index in [4.69, 9.17) is 0 Å². The van der Waals surface area contributed by atoms with Gasteiger partial charge < -0.3 is 5.32 Å². The molecular weight excluding hydrogens is 370 g/mol. The molecule has 0 radical (unpaired) electrons. The normalized spacial score (nSPS) is 18.7. The second-order valence-corrected chi connectivity index (χ2v) is 9.52. The third-order valence-corrected chi connectivity index (χ3v) is 6.63. The van der Waals surface area contributed by atoms with Gasteiger partial charge in [0.05, 0.1) is 11.9 Å². The van der Waals surface area contributed by atoms with E-state index < -0.39 is 16.1 Å². The average Bonchev–Trinajstić information content (AvgIpc) is 3.04. The number of anilines is 1. The summed E-state index contributed by atoms with van der Waals surface area (Å²) in [6.07, 6.45) is 3.31. The maximum absolute atomic E-state index is 12.6. The maximum Gasteiger partial charge on any atom is 0.244 e. The Balaban J connectivity index is 1.78. The van der Waals surface area contributed by atoms with Gasteiger partial charge in [0.25, 0.3) is 0 Å². The second-order valence-electron chi connectivity index (χ2n) is 6.73. The van der Waals surface area contributed by atoms with Gasteiger partial charge in [-0.15, -0.1) is 11.3 Å². The lowest BCUT2D eigenvalue weighted by Gasteiger charge is -2.32. The van der Waals surface area contributed by atoms with Gasteiger partial charge in [-0.05, 0) is 38.3 Å². The zero-order chi connectivity index (χ0) is 18.9. The summed E-state index contributed by atoms with van der Waals surface area (Å²) in [7, 11) is -3.41. The van der Waals surface area contributed by atoms with Crippen LogP contribution in [0.15, 0.2) is 23.6 Å². The highest BCUT2D eigenvalue weighted by atomic mass is 32.2. The molecule has 0 spiro atoms. The molecule has 140 valence electrons. The molecule has 1 fully saturated rings. The summed E-state index contributed by atoms with van der Waals surface area (Å²) >= 11 is 1.35. The topological polar surface area (TPSA) is 79.4 Å². The molecule has 8 heteroatoms. The fourth-order valence-corrected chi connectivity index (χ4v) is 5.06. The van der Waals surface area contributed by atoms with Crippen LogP contribution in [0.2, 0.25) is 0 Å². The van der Waals surface area contributed by atoms with Crippen LogP contribution >= 0.6 is 11.3 Å². The summed E-state index contributed by atoms with van der Waals surface area (Å²) in [4.78, 5) is 17.2. The van der Waals surface area contributed by atoms with Crippen LogP contribution in [0.5, 0.6) is 0 Å². The van der Waals surface area contributed by atoms with Gasteiger partial charge in [-0.25, -0.2) is 13.4 Å². The molecule has 0 saturated carbocycles. The molecule has 3 rings (SSSR count). The molecule has 1 N–H and O–H groups in total. The highest BCUT2D eigenvalue weighted by Crippen LogP contribution is 2.29. The van der Waals surface area contributed by atoms with Gasteiger partial charge in [-0.1, -0.05) is 24.1 Å². The van der Waals surface area contributed by atoms with Gasteiger partial charge in [-0.3, -0.25) is 4.79 Å². The number of piperidine rings is 1. The number of hydrogen-bond acceptors (Lipinski definition) is 5. The molecule has 0 bridgehead atoms. The van der Waals surface area contributed by atoms with E-state index in [1.54, 1.807) is 0 Å². The Hall–Kier alpha value is -1.77. The molecule has 1 aromatic carbocycles. The Bertz CT molecular complexity index is 922. The fourth-order valence-electron chi connectivity index (χ4n) is 3.22. The number of nitrogens with one attached hydrogen (secondary N) is 1. The zero-order valence-corrected chi connectivity index (χ0v) is 16.8. The van der Waals surface area contributed by atoms with Crippen molar-refractivity contribution in [1.82, 2.24) is 9.29 Å². The highest BCUT2D eigenvalue weighted by molar-refractivity contribution is 7.88. The first-order valence-corrected chi connectivity index (χ1v) is 11.3. The number of aromatic nitrogens is 1. The number of amides is 1. The predicted molar refractivity (Wildman–Crippen MR) is 105 cm³/mol. The van der Waals surface area contributed by atoms with Gasteiger partial charge in [0.1, 0.15) is 6.04 Å². The number of benzene rings is 1. The number of sulfonamides is 1. The average molecular weight is 394 g/mol. The summed E-state index contributed by atoms with van der Waals surface area (Å²) in [6, 6.07) is 5.51. The van der Waals surface area contributed by atoms with Gasteiger partial charge in [0.2, 0.25) is 15.9 Å². The quantitative estimate of drug-likeness (QED) is 0.865. The van der Waals surface area contributed by atoms with Crippen molar-refractivity contribution in [2.24, 2.45) is 0 Å². The van der Waals surface area contributed by atoms with Crippen molar-refractivity contribution in [2.75, 3.05) is 18.1 Å². The summed E-state index contributed by atoms with van der Waals surface area (Å²) in [5.74, 6) is -0.308. The molecule has 2 aromatic rings. The lowest BCUT2D eigenvalue weighted by atomic mass is 10.0. The molecule has 2 heterocycles. The van der Waals surface area contributed by atoms with E-state index >= 15 is 0 Å². The van der Waals surface area contributed by atoms with Crippen molar-refractivity contribution in [2.45, 2.75) is 39.2 Å². The van der Waals surface area contributed by atoms with Crippen molar-refractivity contribution in [3.63, 3.8) is 0 Å². The third-order valence-electron chi connectivity index (χ3n) is 4.59. The molecule has 1 aromatic heterocycles. The first kappa shape index (κ1) is 19.0. The summed E-state index contributed by atoms with van der Waals surface area (Å²) in [6.45, 7) is 4.45. The molecular formula is C18H23N3O3S2. The summed E-state index contributed by atoms with van der Waals surface area (Å²) in [5, 5.41) is 5.20. The van der Waals surface area contributed by atoms with Crippen LogP contribution < -0.4 is 5.32 Å². The molecule has 26 heavy (non-hydrogen) atoms. The molecule has 1 atom stereocenters. The monoisotopic (exact) mass is 393 g/mol. The molecule has 1 amide bonds. The minimum atomic E-state index is -3.41. The molecule has 0 aliphatic carbocycles. The fraction of sp³-hybridized carbons (Fsp3) is 0.444. The van der Waals surface area contributed by atoms with E-state index in [1.807, 2.05) is 25.3 Å². The number of carbonyl (C=O) groups excluding carboxylic acids is 1. The largest absolute Gasteiger partial charge is 0.301 e. The van der Waals surface area contributed by atoms with Crippen LogP contribution in [0, 0.1) is 13.8 Å². The number of nitrogens with zero attached hydrogens (tertiary/aromatic N) is 2. The van der Waals surface area contributed by atoms with E-state index in [-0.39, 0.29) is 5.91 Å².